The van der Waals surface area contributed by atoms with Crippen LogP contribution in [-0.2, 0) is 0 Å². The van der Waals surface area contributed by atoms with E-state index in [0.29, 0.717) is 29.5 Å². The van der Waals surface area contributed by atoms with Crippen LogP contribution < -0.4 is 20.7 Å². The molecule has 0 saturated carbocycles. The van der Waals surface area contributed by atoms with Crippen LogP contribution in [0.3, 0.4) is 0 Å². The lowest BCUT2D eigenvalue weighted by atomic mass is 10.00. The van der Waals surface area contributed by atoms with Crippen LogP contribution in [-0.4, -0.2) is 65.8 Å². The first-order valence-electron chi connectivity index (χ1n) is 49.0. The monoisotopic (exact) mass is 1880 g/mol. The molecule has 29 aromatic rings. The van der Waals surface area contributed by atoms with Gasteiger partial charge in [0.1, 0.15) is 0 Å². The minimum Gasteiger partial charge on any atom is -0.309 e. The van der Waals surface area contributed by atoms with Crippen molar-refractivity contribution in [2.24, 2.45) is 0 Å². The number of nitrogens with zero attached hydrogens (tertiary/aromatic N) is 12. The second-order valence-electron chi connectivity index (χ2n) is 37.0. The number of hydrogen-bond acceptors (Lipinski definition) is 8. The largest absolute Gasteiger partial charge is 0.309 e. The summed E-state index contributed by atoms with van der Waals surface area (Å²) in [7, 11) is -2.75. The zero-order valence-corrected chi connectivity index (χ0v) is 80.1. The van der Waals surface area contributed by atoms with Crippen LogP contribution in [0.5, 0.6) is 0 Å². The van der Waals surface area contributed by atoms with Gasteiger partial charge in [-0.05, 0) is 158 Å². The fourth-order valence-electron chi connectivity index (χ4n) is 22.4. The second kappa shape index (κ2) is 34.8. The molecule has 0 spiro atoms. The summed E-state index contributed by atoms with van der Waals surface area (Å²) in [4.78, 5) is 36.8. The topological polar surface area (TPSA) is 115 Å². The van der Waals surface area contributed by atoms with Crippen molar-refractivity contribution in [1.29, 1.82) is 0 Å². The van der Waals surface area contributed by atoms with Crippen molar-refractivity contribution < 1.29 is 0 Å². The molecule has 0 saturated heterocycles. The Kier molecular flexibility index (Phi) is 20.2. The summed E-state index contributed by atoms with van der Waals surface area (Å²) in [6.07, 6.45) is 1.91. The quantitative estimate of drug-likeness (QED) is 0.0699. The van der Waals surface area contributed by atoms with E-state index < -0.39 is 8.07 Å². The predicted molar refractivity (Wildman–Crippen MR) is 604 cm³/mol. The van der Waals surface area contributed by atoms with Crippen molar-refractivity contribution in [2.75, 3.05) is 0 Å². The first-order chi connectivity index (χ1) is 71.9. The Balaban J connectivity index is 0.000000141. The average molecular weight is 1890 g/mol. The highest BCUT2D eigenvalue weighted by Crippen LogP contribution is 2.48. The molecular weight excluding hydrogens is 1800 g/mol. The van der Waals surface area contributed by atoms with Gasteiger partial charge in [-0.1, -0.05) is 388 Å². The molecular formula is C131H84N12SSi. The summed E-state index contributed by atoms with van der Waals surface area (Å²) in [5.74, 6) is 3.00. The Morgan fingerprint density at radius 2 is 0.538 bits per heavy atom. The molecule has 145 heavy (non-hydrogen) atoms. The summed E-state index contributed by atoms with van der Waals surface area (Å²) < 4.78 is 14.2. The number of para-hydroxylation sites is 5. The van der Waals surface area contributed by atoms with Gasteiger partial charge in [0.15, 0.2) is 19.7 Å². The molecule has 0 aliphatic carbocycles. The first kappa shape index (κ1) is 84.1. The standard InChI is InChI=1S/C67H42N8.C64H42N4SSi/c1-6-20-43(21-7-1)56-42-57(44-22-8-2-9-23-44)69-66(68-56)74-59-33-19-17-31-51(59)54-40-47(34-38-60(54)74)48-35-39-61-55(41-48)53-37-36-52-50-30-16-18-32-58(50)73(49-28-14-5-15-29-49)62(52)63(53)75(61)67-71-64(45-24-10-3-11-25-45)70-65(72-67)46-26-12-4-13-27-46;1-5-19-46(20-6-1)67-59-36-33-44(42-55(59)62-60(67)37-34-53-52-29-14-16-31-61(52)69-63(53)62)43-32-35-58-54(41-43)51-28-13-15-30-57(51)68(58)64-65-39-38-56(66-64)45-18-17-27-50(40-45)70(47-21-7-2-8-22-47,48-23-9-3-10-24-48)49-25-11-4-12-26-49/h1-42H;1-42H. The van der Waals surface area contributed by atoms with E-state index in [9.17, 15) is 0 Å². The highest BCUT2D eigenvalue weighted by atomic mass is 32.1. The van der Waals surface area contributed by atoms with Crippen LogP contribution in [0.1, 0.15) is 0 Å². The third-order valence-corrected chi connectivity index (χ3v) is 34.8. The highest BCUT2D eigenvalue weighted by molar-refractivity contribution is 7.26. The zero-order chi connectivity index (χ0) is 95.6. The van der Waals surface area contributed by atoms with Gasteiger partial charge >= 0.3 is 0 Å². The van der Waals surface area contributed by atoms with Crippen LogP contribution in [0, 0.1) is 0 Å². The fraction of sp³-hybridized carbons (Fsp3) is 0. The van der Waals surface area contributed by atoms with Crippen molar-refractivity contribution >= 4 is 169 Å². The number of thiophene rings is 1. The van der Waals surface area contributed by atoms with E-state index in [4.69, 9.17) is 34.9 Å². The van der Waals surface area contributed by atoms with Crippen molar-refractivity contribution in [2.45, 2.75) is 0 Å². The molecule has 0 amide bonds. The summed E-state index contributed by atoms with van der Waals surface area (Å²) in [6, 6.07) is 180. The van der Waals surface area contributed by atoms with E-state index in [0.717, 1.165) is 155 Å². The van der Waals surface area contributed by atoms with Gasteiger partial charge in [0.2, 0.25) is 17.8 Å². The van der Waals surface area contributed by atoms with Gasteiger partial charge in [0.25, 0.3) is 0 Å². The Morgan fingerprint density at radius 3 is 1.06 bits per heavy atom. The lowest BCUT2D eigenvalue weighted by Crippen LogP contribution is -2.74. The summed E-state index contributed by atoms with van der Waals surface area (Å²) in [5.41, 5.74) is 25.1. The van der Waals surface area contributed by atoms with Crippen LogP contribution in [0.15, 0.2) is 510 Å². The molecule has 678 valence electrons. The Morgan fingerprint density at radius 1 is 0.186 bits per heavy atom. The van der Waals surface area contributed by atoms with E-state index in [-0.39, 0.29) is 0 Å². The van der Waals surface area contributed by atoms with E-state index >= 15 is 0 Å². The van der Waals surface area contributed by atoms with E-state index in [1.54, 1.807) is 0 Å². The molecule has 14 heteroatoms. The third kappa shape index (κ3) is 14.0. The Labute approximate surface area is 838 Å². The average Bonchev–Trinajstić information content (AvgIpc) is 1.55. The lowest BCUT2D eigenvalue weighted by Gasteiger charge is -2.34. The van der Waals surface area contributed by atoms with Gasteiger partial charge < -0.3 is 9.13 Å². The maximum Gasteiger partial charge on any atom is 0.238 e. The fourth-order valence-corrected chi connectivity index (χ4v) is 28.4. The van der Waals surface area contributed by atoms with E-state index in [2.05, 4.69) is 472 Å². The van der Waals surface area contributed by atoms with Crippen LogP contribution in [0.4, 0.5) is 0 Å². The maximum atomic E-state index is 5.40. The highest BCUT2D eigenvalue weighted by Gasteiger charge is 2.42. The minimum atomic E-state index is -2.75. The van der Waals surface area contributed by atoms with Gasteiger partial charge in [-0.3, -0.25) is 13.7 Å². The van der Waals surface area contributed by atoms with Crippen LogP contribution in [0.2, 0.25) is 0 Å². The van der Waals surface area contributed by atoms with Crippen LogP contribution >= 0.6 is 11.3 Å². The van der Waals surface area contributed by atoms with Gasteiger partial charge in [-0.15, -0.1) is 11.3 Å². The number of aromatic nitrogens is 12. The summed E-state index contributed by atoms with van der Waals surface area (Å²) in [6.45, 7) is 0. The van der Waals surface area contributed by atoms with Gasteiger partial charge in [-0.2, -0.15) is 9.97 Å². The smallest absolute Gasteiger partial charge is 0.238 e. The molecule has 20 aromatic carbocycles. The molecule has 0 fully saturated rings. The molecule has 0 unspecified atom stereocenters. The molecule has 0 radical (unpaired) electrons. The number of hydrogen-bond donors (Lipinski definition) is 0. The Hall–Kier alpha value is -19.0. The van der Waals surface area contributed by atoms with Crippen molar-refractivity contribution in [1.82, 2.24) is 57.7 Å². The van der Waals surface area contributed by atoms with Crippen molar-refractivity contribution in [3.63, 3.8) is 0 Å². The van der Waals surface area contributed by atoms with E-state index in [1.807, 2.05) is 72.1 Å². The molecule has 12 nitrogen and oxygen atoms in total. The van der Waals surface area contributed by atoms with Crippen LogP contribution in [0.25, 0.3) is 237 Å². The number of fused-ring (bicyclic) bond motifs is 20. The number of benzene rings is 20. The molecule has 0 aliphatic rings. The zero-order valence-electron chi connectivity index (χ0n) is 78.3. The normalized spacial score (nSPS) is 11.9. The molecule has 9 aromatic heterocycles. The molecule has 0 aliphatic heterocycles. The van der Waals surface area contributed by atoms with E-state index in [1.165, 1.54) is 73.7 Å². The van der Waals surface area contributed by atoms with Crippen molar-refractivity contribution in [3.05, 3.63) is 510 Å². The second-order valence-corrected chi connectivity index (χ2v) is 41.8. The minimum absolute atomic E-state index is 0.538. The van der Waals surface area contributed by atoms with Gasteiger partial charge in [0.05, 0.1) is 72.2 Å². The van der Waals surface area contributed by atoms with Gasteiger partial charge in [0, 0.05) is 119 Å². The molecule has 0 bridgehead atoms. The van der Waals surface area contributed by atoms with Crippen molar-refractivity contribution in [3.8, 4) is 108 Å². The SMILES string of the molecule is c1ccc(-c2cc(-c3ccccc3)nc(-n3c4ccccc4c4cc(-c5ccc6c(c5)c5ccc7c8ccccc8n(-c8ccccc8)c7c5n6-c5nc(-c6ccccc6)nc(-c6ccccc6)n5)ccc43)n2)cc1.c1ccc(-n2c3ccc(-c4ccc5c(c4)c4ccccc4n5-c4nccc(-c5cccc([Si](c6ccccc6)(c6ccccc6)c6ccccc6)c5)n4)cc3c3c4sc5ccccc5c4ccc32)cc1. The maximum absolute atomic E-state index is 5.40. The molecule has 0 N–H and O–H groups in total. The lowest BCUT2D eigenvalue weighted by molar-refractivity contribution is 0.953. The summed E-state index contributed by atoms with van der Waals surface area (Å²) in [5, 5.41) is 19.5. The first-order valence-corrected chi connectivity index (χ1v) is 51.8. The third-order valence-electron chi connectivity index (χ3n) is 28.9. The predicted octanol–water partition coefficient (Wildman–Crippen LogP) is 30.0. The summed E-state index contributed by atoms with van der Waals surface area (Å²) >= 11 is 1.89. The number of rotatable bonds is 16. The molecule has 9 heterocycles. The molecule has 0 atom stereocenters. The Bertz CT molecular complexity index is 9920. The van der Waals surface area contributed by atoms with Gasteiger partial charge in [-0.25, -0.2) is 24.9 Å². The molecule has 29 rings (SSSR count).